The fraction of sp³-hybridized carbons (Fsp3) is 0.542. The Morgan fingerprint density at radius 3 is 2.82 bits per heavy atom. The standard InChI is InChI=1S/C24H28FN9O4/c25-19-16(38-23(36)30-24-8-13(9-24)10-24)12-37-20(19)14-7-17(32-31-14)29-22-27-2-1-18-28-15(11-34(18)22)21(35)33-5-3-26-4-6-33/h1-2,7,11,13,16,19-20,26H,3-6,8-10,12H2,(H,30,36)(H2,27,29,31,32)/t13?,16-,19-,20-,24?/m1/s1. The molecule has 2 amide bonds. The van der Waals surface area contributed by atoms with E-state index in [0.29, 0.717) is 47.8 Å². The first kappa shape index (κ1) is 23.3. The Hall–Kier alpha value is -3.78. The molecule has 3 aliphatic carbocycles. The van der Waals surface area contributed by atoms with Gasteiger partial charge < -0.3 is 30.3 Å². The molecule has 2 saturated heterocycles. The van der Waals surface area contributed by atoms with Gasteiger partial charge in [-0.2, -0.15) is 5.10 Å². The van der Waals surface area contributed by atoms with Gasteiger partial charge in [0.05, 0.1) is 12.3 Å². The topological polar surface area (TPSA) is 151 Å². The largest absolute Gasteiger partial charge is 0.441 e. The molecule has 3 aromatic rings. The second-order valence-corrected chi connectivity index (χ2v) is 10.5. The van der Waals surface area contributed by atoms with Gasteiger partial charge in [0.15, 0.2) is 18.1 Å². The van der Waals surface area contributed by atoms with Crippen molar-refractivity contribution < 1.29 is 23.5 Å². The minimum Gasteiger partial charge on any atom is -0.441 e. The Morgan fingerprint density at radius 1 is 1.24 bits per heavy atom. The smallest absolute Gasteiger partial charge is 0.408 e. The van der Waals surface area contributed by atoms with E-state index in [0.717, 1.165) is 32.4 Å². The van der Waals surface area contributed by atoms with Crippen LogP contribution >= 0.6 is 0 Å². The summed E-state index contributed by atoms with van der Waals surface area (Å²) in [5.41, 5.74) is 1.14. The van der Waals surface area contributed by atoms with Crippen molar-refractivity contribution in [1.29, 1.82) is 0 Å². The van der Waals surface area contributed by atoms with E-state index in [2.05, 4.69) is 36.1 Å². The molecule has 3 atom stereocenters. The average molecular weight is 526 g/mol. The normalized spacial score (nSPS) is 30.0. The predicted octanol–water partition coefficient (Wildman–Crippen LogP) is 1.30. The van der Waals surface area contributed by atoms with E-state index in [1.54, 1.807) is 33.8 Å². The Balaban J connectivity index is 1.01. The lowest BCUT2D eigenvalue weighted by molar-refractivity contribution is -0.0528. The number of alkyl halides is 1. The third-order valence-corrected chi connectivity index (χ3v) is 7.90. The molecule has 3 aromatic heterocycles. The Labute approximate surface area is 216 Å². The molecule has 5 fully saturated rings. The molecule has 0 unspecified atom stereocenters. The fourth-order valence-corrected chi connectivity index (χ4v) is 5.76. The molecule has 0 radical (unpaired) electrons. The van der Waals surface area contributed by atoms with Crippen LogP contribution in [0, 0.1) is 5.92 Å². The highest BCUT2D eigenvalue weighted by Gasteiger charge is 2.58. The number of nitrogens with one attached hydrogen (secondary N) is 4. The van der Waals surface area contributed by atoms with E-state index in [1.807, 2.05) is 0 Å². The molecule has 5 heterocycles. The maximum Gasteiger partial charge on any atom is 0.408 e. The van der Waals surface area contributed by atoms with E-state index in [-0.39, 0.29) is 18.1 Å². The minimum absolute atomic E-state index is 0.0452. The van der Waals surface area contributed by atoms with Crippen LogP contribution in [0.25, 0.3) is 5.65 Å². The monoisotopic (exact) mass is 525 g/mol. The van der Waals surface area contributed by atoms with Crippen LogP contribution in [0.15, 0.2) is 24.5 Å². The number of alkyl carbamates (subject to hydrolysis) is 1. The van der Waals surface area contributed by atoms with Crippen molar-refractivity contribution in [3.05, 3.63) is 35.9 Å². The summed E-state index contributed by atoms with van der Waals surface area (Å²) in [6.45, 7) is 2.71. The van der Waals surface area contributed by atoms with Crippen molar-refractivity contribution in [2.75, 3.05) is 38.1 Å². The maximum atomic E-state index is 15.2. The molecule has 38 heavy (non-hydrogen) atoms. The zero-order chi connectivity index (χ0) is 25.9. The molecule has 5 aliphatic rings. The number of H-pyrrole nitrogens is 1. The van der Waals surface area contributed by atoms with Gasteiger partial charge in [-0.1, -0.05) is 0 Å². The number of imidazole rings is 1. The van der Waals surface area contributed by atoms with Crippen molar-refractivity contribution >= 4 is 29.4 Å². The van der Waals surface area contributed by atoms with Crippen molar-refractivity contribution in [1.82, 2.24) is 40.1 Å². The Morgan fingerprint density at radius 2 is 2.05 bits per heavy atom. The van der Waals surface area contributed by atoms with Crippen molar-refractivity contribution in [3.63, 3.8) is 0 Å². The summed E-state index contributed by atoms with van der Waals surface area (Å²) in [4.78, 5) is 35.7. The first-order valence-corrected chi connectivity index (χ1v) is 12.9. The second kappa shape index (κ2) is 8.91. The zero-order valence-electron chi connectivity index (χ0n) is 20.5. The summed E-state index contributed by atoms with van der Waals surface area (Å²) in [7, 11) is 0. The van der Waals surface area contributed by atoms with Crippen LogP contribution in [-0.4, -0.2) is 92.1 Å². The highest BCUT2D eigenvalue weighted by Crippen LogP contribution is 2.57. The molecule has 13 nitrogen and oxygen atoms in total. The number of ether oxygens (including phenoxy) is 2. The number of aromatic nitrogens is 5. The highest BCUT2D eigenvalue weighted by atomic mass is 19.1. The lowest BCUT2D eigenvalue weighted by Crippen LogP contribution is -2.68. The zero-order valence-corrected chi connectivity index (χ0v) is 20.5. The molecule has 200 valence electrons. The summed E-state index contributed by atoms with van der Waals surface area (Å²) < 4.78 is 27.8. The van der Waals surface area contributed by atoms with E-state index < -0.39 is 24.5 Å². The van der Waals surface area contributed by atoms with Crippen LogP contribution in [-0.2, 0) is 9.47 Å². The minimum atomic E-state index is -1.55. The first-order chi connectivity index (χ1) is 18.5. The van der Waals surface area contributed by atoms with Gasteiger partial charge in [0, 0.05) is 50.2 Å². The molecule has 14 heteroatoms. The van der Waals surface area contributed by atoms with E-state index in [4.69, 9.17) is 9.47 Å². The van der Waals surface area contributed by atoms with Crippen LogP contribution in [0.2, 0.25) is 0 Å². The van der Waals surface area contributed by atoms with Gasteiger partial charge in [0.2, 0.25) is 5.95 Å². The Kier molecular flexibility index (Phi) is 5.47. The molecule has 0 aromatic carbocycles. The summed E-state index contributed by atoms with van der Waals surface area (Å²) in [6.07, 6.45) is 2.05. The third kappa shape index (κ3) is 4.04. The van der Waals surface area contributed by atoms with E-state index >= 15 is 4.39 Å². The van der Waals surface area contributed by atoms with Crippen LogP contribution in [0.1, 0.15) is 41.5 Å². The summed E-state index contributed by atoms with van der Waals surface area (Å²) in [5.74, 6) is 1.35. The number of rotatable bonds is 6. The average Bonchev–Trinajstić information content (AvgIpc) is 3.60. The SMILES string of the molecule is O=C(NC12CC(C1)C2)O[C@@H]1CO[C@H](c2cc(Nc3nccc4nc(C(=O)N5CCNCC5)cn34)n[nH]2)[C@@H]1F. The third-order valence-electron chi connectivity index (χ3n) is 7.90. The van der Waals surface area contributed by atoms with Crippen LogP contribution in [0.4, 0.5) is 21.0 Å². The lowest BCUT2D eigenvalue weighted by Gasteiger charge is -2.61. The van der Waals surface area contributed by atoms with Gasteiger partial charge in [-0.15, -0.1) is 0 Å². The highest BCUT2D eigenvalue weighted by molar-refractivity contribution is 5.93. The maximum absolute atomic E-state index is 15.2. The second-order valence-electron chi connectivity index (χ2n) is 10.5. The number of amides is 2. The summed E-state index contributed by atoms with van der Waals surface area (Å²) >= 11 is 0. The quantitative estimate of drug-likeness (QED) is 0.373. The van der Waals surface area contributed by atoms with Gasteiger partial charge in [-0.05, 0) is 31.2 Å². The van der Waals surface area contributed by atoms with Crippen LogP contribution in [0.5, 0.6) is 0 Å². The van der Waals surface area contributed by atoms with Gasteiger partial charge in [-0.3, -0.25) is 14.3 Å². The number of carbonyl (C=O) groups excluding carboxylic acids is 2. The molecular formula is C24H28FN9O4. The molecule has 8 rings (SSSR count). The number of halogens is 1. The predicted molar refractivity (Wildman–Crippen MR) is 131 cm³/mol. The number of hydrogen-bond acceptors (Lipinski definition) is 9. The number of piperazine rings is 1. The lowest BCUT2D eigenvalue weighted by atomic mass is 9.50. The number of aromatic amines is 1. The van der Waals surface area contributed by atoms with Gasteiger partial charge in [0.1, 0.15) is 17.4 Å². The van der Waals surface area contributed by atoms with Crippen LogP contribution in [0.3, 0.4) is 0 Å². The number of anilines is 2. The van der Waals surface area contributed by atoms with Gasteiger partial charge in [0.25, 0.3) is 5.91 Å². The van der Waals surface area contributed by atoms with Crippen molar-refractivity contribution in [3.8, 4) is 0 Å². The number of carbonyl (C=O) groups is 2. The summed E-state index contributed by atoms with van der Waals surface area (Å²) in [5, 5.41) is 16.2. The Bertz CT molecular complexity index is 1370. The molecular weight excluding hydrogens is 497 g/mol. The molecule has 2 bridgehead atoms. The van der Waals surface area contributed by atoms with Gasteiger partial charge in [-0.25, -0.2) is 19.2 Å². The van der Waals surface area contributed by atoms with Crippen LogP contribution < -0.4 is 16.0 Å². The van der Waals surface area contributed by atoms with Crippen molar-refractivity contribution in [2.45, 2.75) is 43.2 Å². The molecule has 0 spiro atoms. The van der Waals surface area contributed by atoms with Gasteiger partial charge >= 0.3 is 6.09 Å². The molecule has 3 saturated carbocycles. The number of hydrogen-bond donors (Lipinski definition) is 4. The first-order valence-electron chi connectivity index (χ1n) is 12.9. The van der Waals surface area contributed by atoms with E-state index in [9.17, 15) is 9.59 Å². The molecule has 4 N–H and O–H groups in total. The summed E-state index contributed by atoms with van der Waals surface area (Å²) in [6, 6.07) is 3.33. The van der Waals surface area contributed by atoms with Crippen molar-refractivity contribution in [2.24, 2.45) is 5.92 Å². The molecule has 2 aliphatic heterocycles. The number of nitrogens with zero attached hydrogens (tertiary/aromatic N) is 5. The fourth-order valence-electron chi connectivity index (χ4n) is 5.76. The number of fused-ring (bicyclic) bond motifs is 1. The van der Waals surface area contributed by atoms with E-state index in [1.165, 1.54) is 0 Å².